The topological polar surface area (TPSA) is 160 Å². The fraction of sp³-hybridized carbons (Fsp3) is 0.222. The number of primary sulfonamides is 1. The summed E-state index contributed by atoms with van der Waals surface area (Å²) in [6, 6.07) is 13.4. The van der Waals surface area contributed by atoms with Crippen molar-refractivity contribution >= 4 is 49.9 Å². The van der Waals surface area contributed by atoms with E-state index in [2.05, 4.69) is 25.6 Å². The molecule has 1 unspecified atom stereocenters. The number of nitrogens with zero attached hydrogens (tertiary/aromatic N) is 4. The molecule has 212 valence electrons. The molecule has 0 saturated carbocycles. The smallest absolute Gasteiger partial charge is 0.238 e. The normalized spacial score (nSPS) is 15.5. The van der Waals surface area contributed by atoms with E-state index in [4.69, 9.17) is 5.14 Å². The van der Waals surface area contributed by atoms with Gasteiger partial charge in [-0.1, -0.05) is 41.7 Å². The number of carbonyl (C=O) groups excluding carboxylic acids is 2. The molecule has 1 fully saturated rings. The zero-order valence-corrected chi connectivity index (χ0v) is 23.7. The Bertz CT molecular complexity index is 1760. The van der Waals surface area contributed by atoms with Gasteiger partial charge in [0.2, 0.25) is 27.8 Å². The van der Waals surface area contributed by atoms with Crippen LogP contribution in [0.3, 0.4) is 0 Å². The van der Waals surface area contributed by atoms with Gasteiger partial charge in [0.1, 0.15) is 5.69 Å². The fourth-order valence-electron chi connectivity index (χ4n) is 4.56. The number of piperidine rings is 1. The number of nitrogens with two attached hydrogens (primary N) is 1. The minimum absolute atomic E-state index is 0.0451. The van der Waals surface area contributed by atoms with Crippen molar-refractivity contribution in [3.63, 3.8) is 0 Å². The zero-order valence-electron chi connectivity index (χ0n) is 22.1. The van der Waals surface area contributed by atoms with Crippen molar-refractivity contribution in [2.24, 2.45) is 5.14 Å². The van der Waals surface area contributed by atoms with E-state index in [-0.39, 0.29) is 34.8 Å². The molecule has 2 aromatic heterocycles. The summed E-state index contributed by atoms with van der Waals surface area (Å²) in [6.07, 6.45) is 1.77. The third kappa shape index (κ3) is 6.24. The zero-order chi connectivity index (χ0) is 29.3. The van der Waals surface area contributed by atoms with Crippen LogP contribution in [0.25, 0.3) is 10.6 Å². The number of halogens is 1. The number of benzene rings is 2. The lowest BCUT2D eigenvalue weighted by Crippen LogP contribution is -2.39. The molecule has 2 aromatic carbocycles. The second kappa shape index (κ2) is 11.3. The molecule has 3 heterocycles. The van der Waals surface area contributed by atoms with Gasteiger partial charge in [-0.15, -0.1) is 0 Å². The van der Waals surface area contributed by atoms with E-state index in [0.29, 0.717) is 34.4 Å². The van der Waals surface area contributed by atoms with E-state index in [1.165, 1.54) is 29.5 Å². The lowest BCUT2D eigenvalue weighted by Gasteiger charge is -2.25. The van der Waals surface area contributed by atoms with E-state index in [9.17, 15) is 22.4 Å². The largest absolute Gasteiger partial charge is 0.347 e. The Balaban J connectivity index is 1.39. The van der Waals surface area contributed by atoms with Crippen LogP contribution in [0, 0.1) is 12.7 Å². The molecule has 1 saturated heterocycles. The van der Waals surface area contributed by atoms with Crippen LogP contribution in [0.5, 0.6) is 0 Å². The number of hydrogen-bond acceptors (Lipinski definition) is 10. The number of aryl methyl sites for hydroxylation is 1. The minimum Gasteiger partial charge on any atom is -0.347 e. The van der Waals surface area contributed by atoms with Crippen molar-refractivity contribution in [1.82, 2.24) is 20.3 Å². The first-order chi connectivity index (χ1) is 19.5. The van der Waals surface area contributed by atoms with Crippen LogP contribution in [-0.4, -0.2) is 42.2 Å². The van der Waals surface area contributed by atoms with Gasteiger partial charge in [-0.05, 0) is 42.7 Å². The lowest BCUT2D eigenvalue weighted by molar-refractivity contribution is -0.134. The van der Waals surface area contributed by atoms with Gasteiger partial charge in [-0.2, -0.15) is 0 Å². The molecule has 1 atom stereocenters. The van der Waals surface area contributed by atoms with Crippen LogP contribution in [0.1, 0.15) is 35.6 Å². The Hall–Kier alpha value is -4.27. The van der Waals surface area contributed by atoms with Gasteiger partial charge < -0.3 is 10.2 Å². The number of imide groups is 1. The molecule has 4 N–H and O–H groups in total. The third-order valence-electron chi connectivity index (χ3n) is 6.57. The first-order valence-electron chi connectivity index (χ1n) is 12.5. The molecule has 11 nitrogen and oxygen atoms in total. The summed E-state index contributed by atoms with van der Waals surface area (Å²) in [5.74, 6) is -1.56. The Morgan fingerprint density at radius 2 is 1.95 bits per heavy atom. The van der Waals surface area contributed by atoms with Crippen LogP contribution in [0.2, 0.25) is 0 Å². The van der Waals surface area contributed by atoms with E-state index < -0.39 is 21.8 Å². The number of carbonyl (C=O) groups is 2. The molecule has 0 bridgehead atoms. The number of thiazole rings is 1. The van der Waals surface area contributed by atoms with Crippen LogP contribution in [0.15, 0.2) is 59.6 Å². The summed E-state index contributed by atoms with van der Waals surface area (Å²) in [5.41, 5.74) is 2.74. The highest BCUT2D eigenvalue weighted by molar-refractivity contribution is 7.89. The highest BCUT2D eigenvalue weighted by Gasteiger charge is 2.30. The predicted octanol–water partition coefficient (Wildman–Crippen LogP) is 3.60. The second-order valence-electron chi connectivity index (χ2n) is 9.56. The first kappa shape index (κ1) is 28.3. The average molecular weight is 596 g/mol. The number of nitrogens with one attached hydrogen (secondary N) is 2. The number of anilines is 3. The number of sulfonamides is 1. The summed E-state index contributed by atoms with van der Waals surface area (Å²) in [7, 11) is -2.06. The molecule has 0 aliphatic carbocycles. The molecule has 2 amide bonds. The Labute approximate surface area is 239 Å². The van der Waals surface area contributed by atoms with Crippen molar-refractivity contribution in [2.45, 2.75) is 37.1 Å². The highest BCUT2D eigenvalue weighted by Crippen LogP contribution is 2.36. The van der Waals surface area contributed by atoms with E-state index in [1.807, 2.05) is 36.2 Å². The van der Waals surface area contributed by atoms with E-state index >= 15 is 0 Å². The van der Waals surface area contributed by atoms with Gasteiger partial charge in [0.05, 0.1) is 27.6 Å². The quantitative estimate of drug-likeness (QED) is 0.259. The molecule has 1 aliphatic rings. The predicted molar refractivity (Wildman–Crippen MR) is 153 cm³/mol. The fourth-order valence-corrected chi connectivity index (χ4v) is 6.14. The lowest BCUT2D eigenvalue weighted by atomic mass is 9.87. The molecule has 1 aliphatic heterocycles. The number of rotatable bonds is 8. The minimum atomic E-state index is -3.91. The second-order valence-corrected chi connectivity index (χ2v) is 12.1. The molecular formula is C27H26FN7O4S2. The van der Waals surface area contributed by atoms with E-state index in [1.54, 1.807) is 13.0 Å². The summed E-state index contributed by atoms with van der Waals surface area (Å²) in [4.78, 5) is 39.4. The highest BCUT2D eigenvalue weighted by atomic mass is 32.2. The molecule has 0 radical (unpaired) electrons. The molecular weight excluding hydrogens is 569 g/mol. The van der Waals surface area contributed by atoms with Gasteiger partial charge in [0.25, 0.3) is 0 Å². The average Bonchev–Trinajstić information content (AvgIpc) is 3.31. The van der Waals surface area contributed by atoms with Gasteiger partial charge in [-0.3, -0.25) is 14.9 Å². The van der Waals surface area contributed by atoms with Crippen LogP contribution >= 0.6 is 11.3 Å². The maximum absolute atomic E-state index is 14.9. The maximum atomic E-state index is 14.9. The summed E-state index contributed by atoms with van der Waals surface area (Å²) >= 11 is 1.25. The summed E-state index contributed by atoms with van der Waals surface area (Å²) in [5, 5.41) is 11.1. The Morgan fingerprint density at radius 1 is 1.17 bits per heavy atom. The molecule has 4 aromatic rings. The first-order valence-corrected chi connectivity index (χ1v) is 14.9. The monoisotopic (exact) mass is 595 g/mol. The van der Waals surface area contributed by atoms with Gasteiger partial charge >= 0.3 is 0 Å². The molecule has 14 heteroatoms. The van der Waals surface area contributed by atoms with Crippen LogP contribution in [0.4, 0.5) is 21.2 Å². The van der Waals surface area contributed by atoms with Gasteiger partial charge in [-0.25, -0.2) is 32.9 Å². The molecule has 0 spiro atoms. The maximum Gasteiger partial charge on any atom is 0.238 e. The van der Waals surface area contributed by atoms with E-state index in [0.717, 1.165) is 17.3 Å². The van der Waals surface area contributed by atoms with Gasteiger partial charge in [0, 0.05) is 25.7 Å². The summed E-state index contributed by atoms with van der Waals surface area (Å²) in [6.45, 7) is 2.18. The number of aromatic nitrogens is 3. The molecule has 41 heavy (non-hydrogen) atoms. The third-order valence-corrected chi connectivity index (χ3v) is 8.76. The van der Waals surface area contributed by atoms with Crippen molar-refractivity contribution in [3.05, 3.63) is 77.4 Å². The standard InChI is InChI=1S/C27H26FN7O4S2/c1-15-24(23-21(28)13-30-26(34-23)32-17-7-5-8-18(12-17)41(29,38)39)40-27(31-15)35(2)14-16-6-3-4-9-19(16)20-10-11-22(36)33-25(20)37/h3-9,12-13,20H,10-11,14H2,1-2H3,(H2,29,38,39)(H,30,32,34)(H,33,36,37). The van der Waals surface area contributed by atoms with Gasteiger partial charge in [0.15, 0.2) is 10.9 Å². The SMILES string of the molecule is Cc1nc(N(C)Cc2ccccc2C2CCC(=O)NC2=O)sc1-c1nc(Nc2cccc(S(N)(=O)=O)c2)ncc1F. The van der Waals surface area contributed by atoms with Crippen molar-refractivity contribution in [1.29, 1.82) is 0 Å². The summed E-state index contributed by atoms with van der Waals surface area (Å²) < 4.78 is 38.3. The number of amides is 2. The van der Waals surface area contributed by atoms with Crippen molar-refractivity contribution in [3.8, 4) is 10.6 Å². The number of hydrogen-bond donors (Lipinski definition) is 3. The Morgan fingerprint density at radius 3 is 2.71 bits per heavy atom. The van der Waals surface area contributed by atoms with Crippen molar-refractivity contribution in [2.75, 3.05) is 17.3 Å². The van der Waals surface area contributed by atoms with Crippen LogP contribution in [-0.2, 0) is 26.2 Å². The Kier molecular flexibility index (Phi) is 7.80. The molecule has 5 rings (SSSR count). The van der Waals surface area contributed by atoms with Crippen LogP contribution < -0.4 is 20.7 Å². The van der Waals surface area contributed by atoms with Crippen molar-refractivity contribution < 1.29 is 22.4 Å².